The molecule has 0 saturated carbocycles. The molecule has 7 aromatic carbocycles. The lowest BCUT2D eigenvalue weighted by molar-refractivity contribution is 0.482. The van der Waals surface area contributed by atoms with Crippen LogP contribution in [0.25, 0.3) is 33.5 Å². The van der Waals surface area contributed by atoms with Gasteiger partial charge in [0, 0.05) is 33.4 Å². The molecular weight excluding hydrogens is 637 g/mol. The van der Waals surface area contributed by atoms with Crippen LogP contribution in [0, 0.1) is 23.7 Å². The van der Waals surface area contributed by atoms with E-state index in [9.17, 15) is 0 Å². The third-order valence-electron chi connectivity index (χ3n) is 8.21. The summed E-state index contributed by atoms with van der Waals surface area (Å²) in [5.41, 5.74) is 8.62. The highest BCUT2D eigenvalue weighted by Crippen LogP contribution is 2.32. The quantitative estimate of drug-likeness (QED) is 0.166. The number of hydrogen-bond acceptors (Lipinski definition) is 4. The molecule has 0 aliphatic rings. The van der Waals surface area contributed by atoms with Gasteiger partial charge >= 0.3 is 0 Å². The maximum absolute atomic E-state index is 5.93. The van der Waals surface area contributed by atoms with Crippen LogP contribution < -0.4 is 9.47 Å². The van der Waals surface area contributed by atoms with Crippen LogP contribution in [0.2, 0.25) is 0 Å². The van der Waals surface area contributed by atoms with E-state index in [-0.39, 0.29) is 0 Å². The third kappa shape index (κ3) is 7.74. The van der Waals surface area contributed by atoms with Crippen molar-refractivity contribution in [3.05, 3.63) is 204 Å². The zero-order valence-corrected chi connectivity index (χ0v) is 28.0. The van der Waals surface area contributed by atoms with E-state index in [2.05, 4.69) is 47.9 Å². The molecule has 4 nitrogen and oxygen atoms in total. The van der Waals surface area contributed by atoms with Crippen molar-refractivity contribution < 1.29 is 9.47 Å². The molecule has 4 heteroatoms. The second-order valence-corrected chi connectivity index (χ2v) is 12.0. The average Bonchev–Trinajstić information content (AvgIpc) is 3.21. The topological polar surface area (TPSA) is 44.2 Å². The molecule has 0 saturated heterocycles. The van der Waals surface area contributed by atoms with E-state index in [0.29, 0.717) is 0 Å². The molecule has 52 heavy (non-hydrogen) atoms. The Balaban J connectivity index is 1.06. The molecule has 244 valence electrons. The zero-order valence-electron chi connectivity index (χ0n) is 28.0. The first kappa shape index (κ1) is 31.8. The van der Waals surface area contributed by atoms with Crippen molar-refractivity contribution in [1.29, 1.82) is 0 Å². The van der Waals surface area contributed by atoms with Gasteiger partial charge in [-0.15, -0.1) is 0 Å². The molecular formula is C48H30N2O2. The van der Waals surface area contributed by atoms with Crippen LogP contribution in [-0.2, 0) is 0 Å². The first-order chi connectivity index (χ1) is 25.7. The molecule has 0 bridgehead atoms. The molecule has 0 N–H and O–H groups in total. The number of nitrogens with zero attached hydrogens (tertiary/aromatic N) is 2. The highest BCUT2D eigenvalue weighted by Gasteiger charge is 2.14. The largest absolute Gasteiger partial charge is 0.457 e. The van der Waals surface area contributed by atoms with Crippen LogP contribution in [0.15, 0.2) is 182 Å². The van der Waals surface area contributed by atoms with Crippen molar-refractivity contribution >= 4 is 11.0 Å². The van der Waals surface area contributed by atoms with E-state index in [4.69, 9.17) is 19.4 Å². The van der Waals surface area contributed by atoms with Gasteiger partial charge in [0.05, 0.1) is 22.4 Å². The number of para-hydroxylation sites is 4. The zero-order chi connectivity index (χ0) is 35.0. The summed E-state index contributed by atoms with van der Waals surface area (Å²) in [7, 11) is 0. The van der Waals surface area contributed by atoms with Crippen molar-refractivity contribution in [2.75, 3.05) is 0 Å². The second-order valence-electron chi connectivity index (χ2n) is 12.0. The third-order valence-corrected chi connectivity index (χ3v) is 8.21. The van der Waals surface area contributed by atoms with Gasteiger partial charge in [0.25, 0.3) is 0 Å². The number of aromatic nitrogens is 2. The summed E-state index contributed by atoms with van der Waals surface area (Å²) in [6.07, 6.45) is 0. The summed E-state index contributed by atoms with van der Waals surface area (Å²) < 4.78 is 11.9. The highest BCUT2D eigenvalue weighted by molar-refractivity contribution is 5.86. The van der Waals surface area contributed by atoms with Crippen molar-refractivity contribution in [3.8, 4) is 69.2 Å². The van der Waals surface area contributed by atoms with Crippen molar-refractivity contribution in [2.45, 2.75) is 0 Å². The van der Waals surface area contributed by atoms with Gasteiger partial charge in [0.15, 0.2) is 0 Å². The Kier molecular flexibility index (Phi) is 9.19. The van der Waals surface area contributed by atoms with Crippen molar-refractivity contribution in [1.82, 2.24) is 9.97 Å². The summed E-state index contributed by atoms with van der Waals surface area (Å²) in [6.45, 7) is 0. The normalized spacial score (nSPS) is 10.4. The Bertz CT molecular complexity index is 2430. The maximum Gasteiger partial charge on any atom is 0.127 e. The molecule has 0 atom stereocenters. The SMILES string of the molecule is C(#Cc1cccc(-c2nc3ccccc3nc2-c2cccc(C#Cc3ccc(Oc4ccccc4)cc3)c2)c1)c1ccc(Oc2ccccc2)cc1. The first-order valence-corrected chi connectivity index (χ1v) is 16.9. The minimum atomic E-state index is 0.763. The lowest BCUT2D eigenvalue weighted by Gasteiger charge is -2.11. The maximum atomic E-state index is 5.93. The Morgan fingerprint density at radius 1 is 0.308 bits per heavy atom. The molecule has 1 heterocycles. The van der Waals surface area contributed by atoms with Gasteiger partial charge in [-0.1, -0.05) is 96.5 Å². The predicted octanol–water partition coefficient (Wildman–Crippen LogP) is 11.3. The minimum Gasteiger partial charge on any atom is -0.457 e. The van der Waals surface area contributed by atoms with E-state index in [0.717, 1.165) is 78.8 Å². The summed E-state index contributed by atoms with van der Waals surface area (Å²) in [6, 6.07) is 59.3. The van der Waals surface area contributed by atoms with E-state index in [1.807, 2.05) is 158 Å². The van der Waals surface area contributed by atoms with Gasteiger partial charge < -0.3 is 9.47 Å². The fraction of sp³-hybridized carbons (Fsp3) is 0. The molecule has 0 unspecified atom stereocenters. The number of ether oxygens (including phenoxy) is 2. The monoisotopic (exact) mass is 666 g/mol. The van der Waals surface area contributed by atoms with Gasteiger partial charge in [-0.2, -0.15) is 0 Å². The Labute approximate surface area is 303 Å². The van der Waals surface area contributed by atoms with Crippen LogP contribution in [0.4, 0.5) is 0 Å². The van der Waals surface area contributed by atoms with E-state index in [1.165, 1.54) is 0 Å². The van der Waals surface area contributed by atoms with Gasteiger partial charge in [-0.25, -0.2) is 9.97 Å². The van der Waals surface area contributed by atoms with E-state index in [1.54, 1.807) is 0 Å². The molecule has 0 aliphatic heterocycles. The summed E-state index contributed by atoms with van der Waals surface area (Å²) in [5.74, 6) is 16.4. The molecule has 0 aliphatic carbocycles. The standard InChI is InChI=1S/C48H30N2O2/c1-3-15-41(16-4-1)51-43-29-25-35(26-30-43)21-23-37-11-9-13-39(33-37)47-48(50-46-20-8-7-19-45(46)49-47)40-14-10-12-38(34-40)24-22-36-27-31-44(32-28-36)52-42-17-5-2-6-18-42/h1-20,25-34H. The predicted molar refractivity (Wildman–Crippen MR) is 208 cm³/mol. The van der Waals surface area contributed by atoms with Crippen LogP contribution in [0.1, 0.15) is 22.3 Å². The van der Waals surface area contributed by atoms with Crippen molar-refractivity contribution in [2.24, 2.45) is 0 Å². The number of fused-ring (bicyclic) bond motifs is 1. The lowest BCUT2D eigenvalue weighted by atomic mass is 10.0. The van der Waals surface area contributed by atoms with E-state index < -0.39 is 0 Å². The molecule has 0 fully saturated rings. The van der Waals surface area contributed by atoms with Crippen LogP contribution in [0.5, 0.6) is 23.0 Å². The number of hydrogen-bond donors (Lipinski definition) is 0. The molecule has 1 aromatic heterocycles. The van der Waals surface area contributed by atoms with Gasteiger partial charge in [0.1, 0.15) is 23.0 Å². The molecule has 0 spiro atoms. The fourth-order valence-corrected chi connectivity index (χ4v) is 5.64. The Hall–Kier alpha value is -7.40. The smallest absolute Gasteiger partial charge is 0.127 e. The summed E-state index contributed by atoms with van der Waals surface area (Å²) in [4.78, 5) is 10.2. The van der Waals surface area contributed by atoms with Crippen molar-refractivity contribution in [3.63, 3.8) is 0 Å². The summed E-state index contributed by atoms with van der Waals surface area (Å²) >= 11 is 0. The molecule has 8 rings (SSSR count). The molecule has 8 aromatic rings. The Morgan fingerprint density at radius 3 is 1.10 bits per heavy atom. The fourth-order valence-electron chi connectivity index (χ4n) is 5.64. The van der Waals surface area contributed by atoms with E-state index >= 15 is 0 Å². The van der Waals surface area contributed by atoms with Crippen LogP contribution in [0.3, 0.4) is 0 Å². The minimum absolute atomic E-state index is 0.763. The first-order valence-electron chi connectivity index (χ1n) is 16.9. The highest BCUT2D eigenvalue weighted by atomic mass is 16.5. The van der Waals surface area contributed by atoms with Crippen LogP contribution >= 0.6 is 0 Å². The molecule has 0 radical (unpaired) electrons. The van der Waals surface area contributed by atoms with Gasteiger partial charge in [-0.05, 0) is 109 Å². The van der Waals surface area contributed by atoms with Crippen LogP contribution in [-0.4, -0.2) is 9.97 Å². The lowest BCUT2D eigenvalue weighted by Crippen LogP contribution is -1.96. The van der Waals surface area contributed by atoms with Gasteiger partial charge in [0.2, 0.25) is 0 Å². The molecule has 0 amide bonds. The second kappa shape index (κ2) is 15.0. The Morgan fingerprint density at radius 2 is 0.673 bits per heavy atom. The average molecular weight is 667 g/mol. The summed E-state index contributed by atoms with van der Waals surface area (Å²) in [5, 5.41) is 0. The number of rotatable bonds is 6. The van der Waals surface area contributed by atoms with Gasteiger partial charge in [-0.3, -0.25) is 0 Å². The number of benzene rings is 7.